The quantitative estimate of drug-likeness (QED) is 0.310. The lowest BCUT2D eigenvalue weighted by Crippen LogP contribution is -1.82. The van der Waals surface area contributed by atoms with Crippen LogP contribution in [0.5, 0.6) is 0 Å². The first-order chi connectivity index (χ1) is 13.9. The smallest absolute Gasteiger partial charge is 0.0125 e. The maximum Gasteiger partial charge on any atom is -0.0125 e. The molecule has 0 aromatic heterocycles. The summed E-state index contributed by atoms with van der Waals surface area (Å²) >= 11 is 0. The molecule has 0 heteroatoms. The number of hydrogen-bond acceptors (Lipinski definition) is 0. The Morgan fingerprint density at radius 2 is 0.862 bits per heavy atom. The Bertz CT molecular complexity index is 983. The number of rotatable bonds is 1. The fourth-order valence-electron chi connectivity index (χ4n) is 3.42. The van der Waals surface area contributed by atoms with Crippen molar-refractivity contribution in [1.29, 1.82) is 0 Å². The second-order valence-electron chi connectivity index (χ2n) is 7.61. The van der Waals surface area contributed by atoms with Gasteiger partial charge in [0.05, 0.1) is 0 Å². The van der Waals surface area contributed by atoms with Gasteiger partial charge in [0, 0.05) is 0 Å². The summed E-state index contributed by atoms with van der Waals surface area (Å²) < 4.78 is 0. The minimum Gasteiger partial charge on any atom is -0.0620 e. The van der Waals surface area contributed by atoms with Crippen LogP contribution in [0.25, 0.3) is 10.8 Å². The zero-order valence-electron chi connectivity index (χ0n) is 18.8. The Hall–Kier alpha value is -2.86. The van der Waals surface area contributed by atoms with Gasteiger partial charge in [-0.05, 0) is 85.2 Å². The molecule has 0 nitrogen and oxygen atoms in total. The van der Waals surface area contributed by atoms with E-state index in [1.807, 2.05) is 0 Å². The number of aryl methyl sites for hydroxylation is 6. The molecule has 0 bridgehead atoms. The van der Waals surface area contributed by atoms with E-state index in [4.69, 9.17) is 0 Å². The molecular weight excluding hydrogens is 348 g/mol. The zero-order chi connectivity index (χ0) is 21.2. The monoisotopic (exact) mass is 382 g/mol. The summed E-state index contributed by atoms with van der Waals surface area (Å²) in [6.07, 6.45) is 1.15. The lowest BCUT2D eigenvalue weighted by atomic mass is 10.0. The second-order valence-corrected chi connectivity index (χ2v) is 7.61. The predicted molar refractivity (Wildman–Crippen MR) is 130 cm³/mol. The van der Waals surface area contributed by atoms with Crippen LogP contribution < -0.4 is 0 Å². The summed E-state index contributed by atoms with van der Waals surface area (Å²) in [5.74, 6) is 0. The van der Waals surface area contributed by atoms with Gasteiger partial charge in [-0.25, -0.2) is 0 Å². The van der Waals surface area contributed by atoms with Crippen LogP contribution in [-0.4, -0.2) is 0 Å². The van der Waals surface area contributed by atoms with Gasteiger partial charge in [-0.15, -0.1) is 0 Å². The summed E-state index contributed by atoms with van der Waals surface area (Å²) in [6.45, 7) is 12.9. The van der Waals surface area contributed by atoms with Crippen LogP contribution in [-0.2, 0) is 6.42 Å². The number of hydrogen-bond donors (Lipinski definition) is 0. The van der Waals surface area contributed by atoms with Gasteiger partial charge in [-0.2, -0.15) is 0 Å². The lowest BCUT2D eigenvalue weighted by molar-refractivity contribution is 1.11. The molecule has 0 saturated heterocycles. The Morgan fingerprint density at radius 3 is 1.21 bits per heavy atom. The third-order valence-electron chi connectivity index (χ3n) is 5.39. The number of benzene rings is 4. The van der Waals surface area contributed by atoms with E-state index < -0.39 is 0 Å². The minimum absolute atomic E-state index is 1.15. The van der Waals surface area contributed by atoms with Crippen LogP contribution in [0.15, 0.2) is 84.9 Å². The van der Waals surface area contributed by atoms with Crippen molar-refractivity contribution < 1.29 is 0 Å². The van der Waals surface area contributed by atoms with Gasteiger partial charge in [0.1, 0.15) is 0 Å². The maximum absolute atomic E-state index is 2.18. The first-order valence-corrected chi connectivity index (χ1v) is 10.5. The van der Waals surface area contributed by atoms with Gasteiger partial charge >= 0.3 is 0 Å². The molecule has 0 heterocycles. The van der Waals surface area contributed by atoms with E-state index in [-0.39, 0.29) is 0 Å². The van der Waals surface area contributed by atoms with Crippen molar-refractivity contribution in [2.75, 3.05) is 0 Å². The first kappa shape index (κ1) is 22.4. The molecular formula is C29H34. The van der Waals surface area contributed by atoms with Crippen LogP contribution in [0.2, 0.25) is 0 Å². The third-order valence-corrected chi connectivity index (χ3v) is 5.39. The van der Waals surface area contributed by atoms with Crippen LogP contribution in [0, 0.1) is 34.6 Å². The fourth-order valence-corrected chi connectivity index (χ4v) is 3.42. The van der Waals surface area contributed by atoms with Crippen LogP contribution in [0.4, 0.5) is 0 Å². The van der Waals surface area contributed by atoms with E-state index in [1.54, 1.807) is 0 Å². The standard InChI is InChI=1S/C12H12.C9H12.C8H10/c1-9-5-3-7-11-8-4-6-10(2)12(9)11;1-3-9-7-5-4-6-8(9)2;1-7-5-3-4-6-8(7)2/h3-8H,1-2H3;4-7H,3H2,1-2H3;3-6H,1-2H3. The van der Waals surface area contributed by atoms with Crippen molar-refractivity contribution in [3.8, 4) is 0 Å². The predicted octanol–water partition coefficient (Wildman–Crippen LogP) is 8.32. The van der Waals surface area contributed by atoms with E-state index in [9.17, 15) is 0 Å². The molecule has 0 aliphatic rings. The SMILES string of the molecule is CCc1ccccc1C.Cc1cccc2cccc(C)c12.Cc1ccccc1C. The lowest BCUT2D eigenvalue weighted by Gasteiger charge is -2.04. The van der Waals surface area contributed by atoms with Crippen LogP contribution >= 0.6 is 0 Å². The largest absolute Gasteiger partial charge is 0.0620 e. The highest BCUT2D eigenvalue weighted by Gasteiger charge is 1.97. The molecule has 0 fully saturated rings. The molecule has 0 aliphatic heterocycles. The third kappa shape index (κ3) is 6.61. The Morgan fingerprint density at radius 1 is 0.448 bits per heavy atom. The van der Waals surface area contributed by atoms with Crippen LogP contribution in [0.3, 0.4) is 0 Å². The molecule has 0 saturated carbocycles. The first-order valence-electron chi connectivity index (χ1n) is 10.5. The molecule has 0 amide bonds. The molecule has 29 heavy (non-hydrogen) atoms. The van der Waals surface area contributed by atoms with Gasteiger partial charge in [0.2, 0.25) is 0 Å². The summed E-state index contributed by atoms with van der Waals surface area (Å²) in [5, 5.41) is 2.75. The molecule has 4 rings (SSSR count). The minimum atomic E-state index is 1.15. The van der Waals surface area contributed by atoms with E-state index in [1.165, 1.54) is 44.2 Å². The van der Waals surface area contributed by atoms with Crippen LogP contribution in [0.1, 0.15) is 40.3 Å². The fraction of sp³-hybridized carbons (Fsp3) is 0.241. The van der Waals surface area contributed by atoms with E-state index in [0.29, 0.717) is 0 Å². The van der Waals surface area contributed by atoms with Gasteiger partial charge in [-0.1, -0.05) is 91.9 Å². The zero-order valence-corrected chi connectivity index (χ0v) is 18.8. The maximum atomic E-state index is 2.18. The second kappa shape index (κ2) is 11.2. The molecule has 0 spiro atoms. The molecule has 4 aromatic carbocycles. The Balaban J connectivity index is 0.000000160. The molecule has 0 N–H and O–H groups in total. The average Bonchev–Trinajstić information content (AvgIpc) is 2.72. The summed E-state index contributed by atoms with van der Waals surface area (Å²) in [5.41, 5.74) is 8.33. The van der Waals surface area contributed by atoms with Gasteiger partial charge in [0.15, 0.2) is 0 Å². The Labute approximate surface area is 177 Å². The molecule has 0 atom stereocenters. The van der Waals surface area contributed by atoms with Crippen molar-refractivity contribution in [3.63, 3.8) is 0 Å². The summed E-state index contributed by atoms with van der Waals surface area (Å²) in [4.78, 5) is 0. The molecule has 0 radical (unpaired) electrons. The van der Waals surface area contributed by atoms with E-state index >= 15 is 0 Å². The van der Waals surface area contributed by atoms with E-state index in [0.717, 1.165) is 6.42 Å². The number of fused-ring (bicyclic) bond motifs is 1. The van der Waals surface area contributed by atoms with Crippen molar-refractivity contribution in [3.05, 3.63) is 118 Å². The van der Waals surface area contributed by atoms with Gasteiger partial charge in [0.25, 0.3) is 0 Å². The molecule has 0 aliphatic carbocycles. The van der Waals surface area contributed by atoms with E-state index in [2.05, 4.69) is 126 Å². The summed E-state index contributed by atoms with van der Waals surface area (Å²) in [7, 11) is 0. The van der Waals surface area contributed by atoms with Crippen molar-refractivity contribution in [2.45, 2.75) is 48.0 Å². The van der Waals surface area contributed by atoms with Crippen molar-refractivity contribution in [2.24, 2.45) is 0 Å². The Kier molecular flexibility index (Phi) is 8.68. The highest BCUT2D eigenvalue weighted by Crippen LogP contribution is 2.21. The van der Waals surface area contributed by atoms with Gasteiger partial charge < -0.3 is 0 Å². The average molecular weight is 383 g/mol. The highest BCUT2D eigenvalue weighted by atomic mass is 14.0. The van der Waals surface area contributed by atoms with Crippen molar-refractivity contribution >= 4 is 10.8 Å². The van der Waals surface area contributed by atoms with Crippen molar-refractivity contribution in [1.82, 2.24) is 0 Å². The normalized spacial score (nSPS) is 9.86. The topological polar surface area (TPSA) is 0 Å². The molecule has 4 aromatic rings. The molecule has 150 valence electrons. The summed E-state index contributed by atoms with van der Waals surface area (Å²) in [6, 6.07) is 29.7. The van der Waals surface area contributed by atoms with Gasteiger partial charge in [-0.3, -0.25) is 0 Å². The molecule has 0 unspecified atom stereocenters. The highest BCUT2D eigenvalue weighted by molar-refractivity contribution is 5.88.